The molecule has 0 saturated carbocycles. The first-order valence-corrected chi connectivity index (χ1v) is 5.59. The van der Waals surface area contributed by atoms with E-state index in [0.29, 0.717) is 11.7 Å². The van der Waals surface area contributed by atoms with Crippen LogP contribution in [0.4, 0.5) is 0 Å². The van der Waals surface area contributed by atoms with Gasteiger partial charge in [-0.25, -0.2) is 0 Å². The van der Waals surface area contributed by atoms with Crippen LogP contribution in [0.2, 0.25) is 0 Å². The van der Waals surface area contributed by atoms with E-state index in [1.54, 1.807) is 11.7 Å². The average molecular weight is 229 g/mol. The van der Waals surface area contributed by atoms with Crippen LogP contribution in [0.15, 0.2) is 46.6 Å². The smallest absolute Gasteiger partial charge is 0.269 e. The Morgan fingerprint density at radius 1 is 1.12 bits per heavy atom. The van der Waals surface area contributed by atoms with Gasteiger partial charge in [0.1, 0.15) is 4.88 Å². The van der Waals surface area contributed by atoms with Crippen molar-refractivity contribution in [3.8, 4) is 22.2 Å². The van der Waals surface area contributed by atoms with Crippen molar-refractivity contribution in [2.75, 3.05) is 0 Å². The van der Waals surface area contributed by atoms with Crippen LogP contribution in [0, 0.1) is 0 Å². The van der Waals surface area contributed by atoms with Gasteiger partial charge in [0.05, 0.1) is 11.7 Å². The van der Waals surface area contributed by atoms with E-state index in [1.807, 2.05) is 30.3 Å². The molecule has 2 heterocycles. The SMILES string of the molecule is c1ccc(-c2noc(-c3cncs3)n2)cc1. The second kappa shape index (κ2) is 3.86. The van der Waals surface area contributed by atoms with Crippen molar-refractivity contribution in [3.05, 3.63) is 42.0 Å². The van der Waals surface area contributed by atoms with Gasteiger partial charge in [-0.2, -0.15) is 4.98 Å². The van der Waals surface area contributed by atoms with Gasteiger partial charge < -0.3 is 4.52 Å². The third kappa shape index (κ3) is 1.61. The van der Waals surface area contributed by atoms with Crippen molar-refractivity contribution in [2.45, 2.75) is 0 Å². The van der Waals surface area contributed by atoms with Crippen LogP contribution in [0.1, 0.15) is 0 Å². The molecule has 3 rings (SSSR count). The lowest BCUT2D eigenvalue weighted by molar-refractivity contribution is 0.433. The fraction of sp³-hybridized carbons (Fsp3) is 0. The highest BCUT2D eigenvalue weighted by molar-refractivity contribution is 7.13. The summed E-state index contributed by atoms with van der Waals surface area (Å²) >= 11 is 1.48. The van der Waals surface area contributed by atoms with Crippen LogP contribution < -0.4 is 0 Å². The first-order valence-electron chi connectivity index (χ1n) is 4.71. The molecule has 0 atom stereocenters. The molecule has 2 aromatic heterocycles. The van der Waals surface area contributed by atoms with Crippen LogP contribution >= 0.6 is 11.3 Å². The lowest BCUT2D eigenvalue weighted by atomic mass is 10.2. The molecule has 0 aliphatic rings. The summed E-state index contributed by atoms with van der Waals surface area (Å²) in [6.07, 6.45) is 1.72. The maximum absolute atomic E-state index is 5.17. The molecule has 3 aromatic rings. The summed E-state index contributed by atoms with van der Waals surface area (Å²) in [5.74, 6) is 1.12. The molecule has 0 N–H and O–H groups in total. The zero-order valence-corrected chi connectivity index (χ0v) is 9.02. The number of benzene rings is 1. The van der Waals surface area contributed by atoms with Gasteiger partial charge in [0.2, 0.25) is 5.82 Å². The zero-order valence-electron chi connectivity index (χ0n) is 8.20. The van der Waals surface area contributed by atoms with E-state index in [9.17, 15) is 0 Å². The fourth-order valence-corrected chi connectivity index (χ4v) is 1.89. The predicted octanol–water partition coefficient (Wildman–Crippen LogP) is 2.86. The summed E-state index contributed by atoms with van der Waals surface area (Å²) in [5, 5.41) is 3.94. The molecule has 16 heavy (non-hydrogen) atoms. The van der Waals surface area contributed by atoms with Crippen LogP contribution in [0.3, 0.4) is 0 Å². The Bertz CT molecular complexity index is 574. The number of nitrogens with zero attached hydrogens (tertiary/aromatic N) is 3. The monoisotopic (exact) mass is 229 g/mol. The topological polar surface area (TPSA) is 51.8 Å². The molecule has 78 valence electrons. The van der Waals surface area contributed by atoms with Crippen molar-refractivity contribution in [1.29, 1.82) is 0 Å². The Morgan fingerprint density at radius 2 is 2.00 bits per heavy atom. The molecular weight excluding hydrogens is 222 g/mol. The number of hydrogen-bond donors (Lipinski definition) is 0. The maximum atomic E-state index is 5.17. The molecule has 0 saturated heterocycles. The summed E-state index contributed by atoms with van der Waals surface area (Å²) in [5.41, 5.74) is 2.68. The van der Waals surface area contributed by atoms with Gasteiger partial charge in [0.25, 0.3) is 5.89 Å². The molecular formula is C11H7N3OS. The Kier molecular flexibility index (Phi) is 2.23. The zero-order chi connectivity index (χ0) is 10.8. The van der Waals surface area contributed by atoms with E-state index >= 15 is 0 Å². The van der Waals surface area contributed by atoms with E-state index in [1.165, 1.54) is 11.3 Å². The van der Waals surface area contributed by atoms with Crippen molar-refractivity contribution >= 4 is 11.3 Å². The minimum atomic E-state index is 0.515. The second-order valence-corrected chi connectivity index (χ2v) is 4.04. The van der Waals surface area contributed by atoms with E-state index < -0.39 is 0 Å². The van der Waals surface area contributed by atoms with Crippen molar-refractivity contribution < 1.29 is 4.52 Å². The Labute approximate surface area is 95.6 Å². The molecule has 0 spiro atoms. The largest absolute Gasteiger partial charge is 0.333 e. The summed E-state index contributed by atoms with van der Waals surface area (Å²) in [7, 11) is 0. The van der Waals surface area contributed by atoms with Crippen molar-refractivity contribution in [1.82, 2.24) is 15.1 Å². The van der Waals surface area contributed by atoms with Gasteiger partial charge >= 0.3 is 0 Å². The third-order valence-electron chi connectivity index (χ3n) is 2.10. The van der Waals surface area contributed by atoms with Gasteiger partial charge in [-0.3, -0.25) is 4.98 Å². The molecule has 0 unspecified atom stereocenters. The van der Waals surface area contributed by atoms with Gasteiger partial charge in [0.15, 0.2) is 0 Å². The molecule has 1 aromatic carbocycles. The predicted molar refractivity (Wildman–Crippen MR) is 60.8 cm³/mol. The van der Waals surface area contributed by atoms with E-state index in [-0.39, 0.29) is 0 Å². The minimum Gasteiger partial charge on any atom is -0.333 e. The quantitative estimate of drug-likeness (QED) is 0.678. The van der Waals surface area contributed by atoms with Crippen LogP contribution in [0.5, 0.6) is 0 Å². The summed E-state index contributed by atoms with van der Waals surface area (Å²) in [6.45, 7) is 0. The Balaban J connectivity index is 2.00. The maximum Gasteiger partial charge on any atom is 0.269 e. The highest BCUT2D eigenvalue weighted by atomic mass is 32.1. The van der Waals surface area contributed by atoms with Gasteiger partial charge in [0, 0.05) is 5.56 Å². The highest BCUT2D eigenvalue weighted by Gasteiger charge is 2.10. The number of rotatable bonds is 2. The normalized spacial score (nSPS) is 10.5. The fourth-order valence-electron chi connectivity index (χ4n) is 1.35. The summed E-state index contributed by atoms with van der Waals surface area (Å²) in [4.78, 5) is 9.17. The first-order chi connectivity index (χ1) is 7.93. The van der Waals surface area contributed by atoms with Crippen LogP contribution in [-0.4, -0.2) is 15.1 Å². The molecule has 0 fully saturated rings. The van der Waals surface area contributed by atoms with Crippen LogP contribution in [-0.2, 0) is 0 Å². The molecule has 0 radical (unpaired) electrons. The van der Waals surface area contributed by atoms with Crippen molar-refractivity contribution in [2.24, 2.45) is 0 Å². The molecule has 5 heteroatoms. The van der Waals surface area contributed by atoms with Gasteiger partial charge in [-0.1, -0.05) is 35.5 Å². The van der Waals surface area contributed by atoms with E-state index in [0.717, 1.165) is 10.4 Å². The molecule has 0 amide bonds. The van der Waals surface area contributed by atoms with Gasteiger partial charge in [-0.15, -0.1) is 11.3 Å². The molecule has 4 nitrogen and oxygen atoms in total. The summed E-state index contributed by atoms with van der Waals surface area (Å²) < 4.78 is 5.17. The molecule has 0 bridgehead atoms. The number of thiazole rings is 1. The lowest BCUT2D eigenvalue weighted by Gasteiger charge is -1.89. The number of hydrogen-bond acceptors (Lipinski definition) is 5. The minimum absolute atomic E-state index is 0.515. The van der Waals surface area contributed by atoms with Crippen LogP contribution in [0.25, 0.3) is 22.2 Å². The average Bonchev–Trinajstić information content (AvgIpc) is 3.01. The molecule has 0 aliphatic heterocycles. The Hall–Kier alpha value is -2.01. The third-order valence-corrected chi connectivity index (χ3v) is 2.86. The Morgan fingerprint density at radius 3 is 2.75 bits per heavy atom. The second-order valence-electron chi connectivity index (χ2n) is 3.15. The number of aromatic nitrogens is 3. The molecule has 0 aliphatic carbocycles. The summed E-state index contributed by atoms with van der Waals surface area (Å²) in [6, 6.07) is 9.73. The standard InChI is InChI=1S/C11H7N3OS/c1-2-4-8(5-3-1)10-13-11(15-14-10)9-6-12-7-16-9/h1-7H. The first kappa shape index (κ1) is 9.23. The lowest BCUT2D eigenvalue weighted by Crippen LogP contribution is -1.78. The van der Waals surface area contributed by atoms with Gasteiger partial charge in [-0.05, 0) is 0 Å². The highest BCUT2D eigenvalue weighted by Crippen LogP contribution is 2.24. The van der Waals surface area contributed by atoms with E-state index in [2.05, 4.69) is 15.1 Å². The van der Waals surface area contributed by atoms with Crippen molar-refractivity contribution in [3.63, 3.8) is 0 Å². The van der Waals surface area contributed by atoms with E-state index in [4.69, 9.17) is 4.52 Å².